The first-order valence-corrected chi connectivity index (χ1v) is 5.55. The minimum atomic E-state index is -0.136. The van der Waals surface area contributed by atoms with Crippen LogP contribution in [-0.2, 0) is 0 Å². The van der Waals surface area contributed by atoms with Crippen LogP contribution in [0.2, 0.25) is 5.02 Å². The third-order valence-corrected chi connectivity index (χ3v) is 2.84. The Labute approximate surface area is 99.3 Å². The lowest BCUT2D eigenvalue weighted by Gasteiger charge is -2.13. The maximum absolute atomic E-state index is 11.9. The molecule has 3 N–H and O–H groups in total. The van der Waals surface area contributed by atoms with Gasteiger partial charge in [-0.25, -0.2) is 0 Å². The van der Waals surface area contributed by atoms with Gasteiger partial charge in [0.05, 0.1) is 5.56 Å². The molecular weight excluding hydrogens is 224 g/mol. The zero-order valence-corrected chi connectivity index (χ0v) is 9.50. The molecule has 0 atom stereocenters. The van der Waals surface area contributed by atoms with Gasteiger partial charge in [-0.3, -0.25) is 4.79 Å². The van der Waals surface area contributed by atoms with Crippen molar-refractivity contribution in [3.05, 3.63) is 40.9 Å². The van der Waals surface area contributed by atoms with Gasteiger partial charge in [-0.1, -0.05) is 23.8 Å². The van der Waals surface area contributed by atoms with Crippen LogP contribution in [0.25, 0.3) is 0 Å². The molecule has 1 aliphatic carbocycles. The molecule has 1 aliphatic rings. The predicted octanol–water partition coefficient (Wildman–Crippen LogP) is 2.37. The topological polar surface area (TPSA) is 55.1 Å². The van der Waals surface area contributed by atoms with Crippen molar-refractivity contribution in [1.29, 1.82) is 0 Å². The fourth-order valence-electron chi connectivity index (χ4n) is 1.74. The lowest BCUT2D eigenvalue weighted by Crippen LogP contribution is -2.33. The Morgan fingerprint density at radius 1 is 1.38 bits per heavy atom. The van der Waals surface area contributed by atoms with Gasteiger partial charge in [0.15, 0.2) is 0 Å². The number of nitrogen functional groups attached to an aromatic ring is 1. The van der Waals surface area contributed by atoms with E-state index in [1.807, 2.05) is 0 Å². The van der Waals surface area contributed by atoms with Crippen molar-refractivity contribution in [3.63, 3.8) is 0 Å². The highest BCUT2D eigenvalue weighted by atomic mass is 35.5. The van der Waals surface area contributed by atoms with E-state index in [1.54, 1.807) is 18.2 Å². The fraction of sp³-hybridized carbons (Fsp3) is 0.250. The van der Waals surface area contributed by atoms with Crippen molar-refractivity contribution in [2.24, 2.45) is 0 Å². The van der Waals surface area contributed by atoms with Gasteiger partial charge in [-0.2, -0.15) is 0 Å². The molecule has 0 saturated heterocycles. The van der Waals surface area contributed by atoms with Crippen molar-refractivity contribution >= 4 is 23.2 Å². The predicted molar refractivity (Wildman–Crippen MR) is 65.5 cm³/mol. The largest absolute Gasteiger partial charge is 0.398 e. The van der Waals surface area contributed by atoms with Crippen LogP contribution in [0.5, 0.6) is 0 Å². The molecule has 0 heterocycles. The molecular formula is C12H13ClN2O. The number of hydrogen-bond acceptors (Lipinski definition) is 2. The molecule has 1 aromatic rings. The summed E-state index contributed by atoms with van der Waals surface area (Å²) in [6.45, 7) is 0. The normalized spacial score (nSPS) is 15.3. The molecule has 0 spiro atoms. The van der Waals surface area contributed by atoms with Gasteiger partial charge in [-0.05, 0) is 31.0 Å². The van der Waals surface area contributed by atoms with Crippen LogP contribution in [0, 0.1) is 0 Å². The molecule has 0 unspecified atom stereocenters. The number of amides is 1. The fourth-order valence-corrected chi connectivity index (χ4v) is 1.92. The Morgan fingerprint density at radius 3 is 2.69 bits per heavy atom. The van der Waals surface area contributed by atoms with Gasteiger partial charge < -0.3 is 11.1 Å². The van der Waals surface area contributed by atoms with E-state index in [9.17, 15) is 4.79 Å². The van der Waals surface area contributed by atoms with E-state index in [1.165, 1.54) is 0 Å². The number of carbonyl (C=O) groups excluding carboxylic acids is 1. The van der Waals surface area contributed by atoms with Crippen LogP contribution in [0.4, 0.5) is 5.69 Å². The molecule has 2 rings (SSSR count). The lowest BCUT2D eigenvalue weighted by atomic mass is 10.1. The SMILES string of the molecule is Nc1cc(Cl)ccc1C(=O)NC1CC=CC1. The Balaban J connectivity index is 2.08. The minimum Gasteiger partial charge on any atom is -0.398 e. The molecule has 1 aromatic carbocycles. The number of rotatable bonds is 2. The number of carbonyl (C=O) groups is 1. The zero-order valence-electron chi connectivity index (χ0n) is 8.74. The maximum Gasteiger partial charge on any atom is 0.253 e. The second kappa shape index (κ2) is 4.58. The first-order valence-electron chi connectivity index (χ1n) is 5.17. The van der Waals surface area contributed by atoms with Crippen molar-refractivity contribution < 1.29 is 4.79 Å². The molecule has 1 amide bonds. The summed E-state index contributed by atoms with van der Waals surface area (Å²) in [4.78, 5) is 11.9. The zero-order chi connectivity index (χ0) is 11.5. The summed E-state index contributed by atoms with van der Waals surface area (Å²) in [5, 5.41) is 3.47. The van der Waals surface area contributed by atoms with E-state index >= 15 is 0 Å². The molecule has 0 fully saturated rings. The van der Waals surface area contributed by atoms with E-state index in [4.69, 9.17) is 17.3 Å². The second-order valence-corrected chi connectivity index (χ2v) is 4.28. The molecule has 0 saturated carbocycles. The molecule has 0 radical (unpaired) electrons. The Bertz CT molecular complexity index is 435. The van der Waals surface area contributed by atoms with Gasteiger partial charge in [0.25, 0.3) is 5.91 Å². The summed E-state index contributed by atoms with van der Waals surface area (Å²) >= 11 is 5.77. The van der Waals surface area contributed by atoms with Crippen LogP contribution >= 0.6 is 11.6 Å². The Kier molecular flexibility index (Phi) is 3.15. The van der Waals surface area contributed by atoms with Gasteiger partial charge >= 0.3 is 0 Å². The van der Waals surface area contributed by atoms with E-state index < -0.39 is 0 Å². The van der Waals surface area contributed by atoms with Crippen molar-refractivity contribution in [2.75, 3.05) is 5.73 Å². The standard InChI is InChI=1S/C12H13ClN2O/c13-8-5-6-10(11(14)7-8)12(16)15-9-3-1-2-4-9/h1-2,5-7,9H,3-4,14H2,(H,15,16). The molecule has 16 heavy (non-hydrogen) atoms. The number of halogens is 1. The summed E-state index contributed by atoms with van der Waals surface area (Å²) in [7, 11) is 0. The van der Waals surface area contributed by atoms with Gasteiger partial charge in [0.2, 0.25) is 0 Å². The summed E-state index contributed by atoms with van der Waals surface area (Å²) in [6, 6.07) is 5.10. The van der Waals surface area contributed by atoms with Crippen molar-refractivity contribution in [2.45, 2.75) is 18.9 Å². The highest BCUT2D eigenvalue weighted by Crippen LogP contribution is 2.19. The van der Waals surface area contributed by atoms with E-state index in [0.29, 0.717) is 16.3 Å². The Hall–Kier alpha value is -1.48. The number of nitrogens with two attached hydrogens (primary N) is 1. The highest BCUT2D eigenvalue weighted by Gasteiger charge is 2.16. The quantitative estimate of drug-likeness (QED) is 0.612. The van der Waals surface area contributed by atoms with Gasteiger partial charge in [0.1, 0.15) is 0 Å². The van der Waals surface area contributed by atoms with Crippen LogP contribution in [0.15, 0.2) is 30.4 Å². The monoisotopic (exact) mass is 236 g/mol. The van der Waals surface area contributed by atoms with Crippen LogP contribution in [0.3, 0.4) is 0 Å². The van der Waals surface area contributed by atoms with E-state index in [2.05, 4.69) is 17.5 Å². The first kappa shape index (κ1) is 11.0. The number of nitrogens with one attached hydrogen (secondary N) is 1. The van der Waals surface area contributed by atoms with Crippen LogP contribution < -0.4 is 11.1 Å². The lowest BCUT2D eigenvalue weighted by molar-refractivity contribution is 0.0940. The molecule has 3 nitrogen and oxygen atoms in total. The summed E-state index contributed by atoms with van der Waals surface area (Å²) in [6.07, 6.45) is 5.91. The third-order valence-electron chi connectivity index (χ3n) is 2.60. The Morgan fingerprint density at radius 2 is 2.06 bits per heavy atom. The van der Waals surface area contributed by atoms with Gasteiger partial charge in [0, 0.05) is 16.8 Å². The molecule has 0 aromatic heterocycles. The van der Waals surface area contributed by atoms with E-state index in [-0.39, 0.29) is 11.9 Å². The minimum absolute atomic E-state index is 0.136. The molecule has 84 valence electrons. The van der Waals surface area contributed by atoms with Crippen LogP contribution in [-0.4, -0.2) is 11.9 Å². The number of hydrogen-bond donors (Lipinski definition) is 2. The molecule has 0 aliphatic heterocycles. The maximum atomic E-state index is 11.9. The average molecular weight is 237 g/mol. The summed E-state index contributed by atoms with van der Waals surface area (Å²) < 4.78 is 0. The van der Waals surface area contributed by atoms with Gasteiger partial charge in [-0.15, -0.1) is 0 Å². The van der Waals surface area contributed by atoms with Crippen molar-refractivity contribution in [1.82, 2.24) is 5.32 Å². The average Bonchev–Trinajstić information content (AvgIpc) is 2.70. The third kappa shape index (κ3) is 2.36. The van der Waals surface area contributed by atoms with Crippen LogP contribution in [0.1, 0.15) is 23.2 Å². The second-order valence-electron chi connectivity index (χ2n) is 3.84. The highest BCUT2D eigenvalue weighted by molar-refractivity contribution is 6.31. The summed E-state index contributed by atoms with van der Waals surface area (Å²) in [5.74, 6) is -0.136. The molecule has 4 heteroatoms. The van der Waals surface area contributed by atoms with E-state index in [0.717, 1.165) is 12.8 Å². The number of anilines is 1. The number of benzene rings is 1. The smallest absolute Gasteiger partial charge is 0.253 e. The first-order chi connectivity index (χ1) is 7.66. The van der Waals surface area contributed by atoms with Crippen molar-refractivity contribution in [3.8, 4) is 0 Å². The summed E-state index contributed by atoms with van der Waals surface area (Å²) in [5.41, 5.74) is 6.63. The molecule has 0 bridgehead atoms.